The van der Waals surface area contributed by atoms with Crippen molar-refractivity contribution in [2.45, 2.75) is 72.3 Å². The van der Waals surface area contributed by atoms with Gasteiger partial charge in [0.05, 0.1) is 6.10 Å². The minimum Gasteiger partial charge on any atom is -0.371 e. The highest BCUT2D eigenvalue weighted by Gasteiger charge is 2.06. The van der Waals surface area contributed by atoms with E-state index in [9.17, 15) is 9.59 Å². The average molecular weight is 256 g/mol. The molecule has 0 aliphatic carbocycles. The number of hydrogen-bond acceptors (Lipinski definition) is 3. The van der Waals surface area contributed by atoms with Crippen molar-refractivity contribution in [1.82, 2.24) is 0 Å². The van der Waals surface area contributed by atoms with E-state index in [-0.39, 0.29) is 24.4 Å². The fourth-order valence-corrected chi connectivity index (χ4v) is 1.60. The van der Waals surface area contributed by atoms with Crippen molar-refractivity contribution < 1.29 is 14.3 Å². The van der Waals surface area contributed by atoms with Crippen LogP contribution in [-0.2, 0) is 14.3 Å². The van der Waals surface area contributed by atoms with Gasteiger partial charge in [-0.2, -0.15) is 0 Å². The van der Waals surface area contributed by atoms with Crippen LogP contribution in [0.15, 0.2) is 0 Å². The Kier molecular flexibility index (Phi) is 9.85. The highest BCUT2D eigenvalue weighted by molar-refractivity contribution is 5.80. The molecule has 0 aromatic rings. The van der Waals surface area contributed by atoms with E-state index in [1.54, 1.807) is 0 Å². The van der Waals surface area contributed by atoms with Crippen LogP contribution in [-0.4, -0.2) is 24.3 Å². The van der Waals surface area contributed by atoms with Gasteiger partial charge in [0, 0.05) is 18.8 Å². The van der Waals surface area contributed by atoms with E-state index in [2.05, 4.69) is 0 Å². The lowest BCUT2D eigenvalue weighted by Crippen LogP contribution is -2.12. The second-order valence-electron chi connectivity index (χ2n) is 5.43. The average Bonchev–Trinajstić information content (AvgIpc) is 2.30. The van der Waals surface area contributed by atoms with E-state index in [1.807, 2.05) is 27.7 Å². The SMILES string of the molecule is CC(C)OCC(=O)CCCCCCC(=O)C(C)C. The summed E-state index contributed by atoms with van der Waals surface area (Å²) >= 11 is 0. The zero-order valence-corrected chi connectivity index (χ0v) is 12.3. The van der Waals surface area contributed by atoms with Gasteiger partial charge >= 0.3 is 0 Å². The van der Waals surface area contributed by atoms with Crippen molar-refractivity contribution in [3.05, 3.63) is 0 Å². The van der Waals surface area contributed by atoms with Crippen molar-refractivity contribution >= 4 is 11.6 Å². The van der Waals surface area contributed by atoms with Crippen molar-refractivity contribution in [2.75, 3.05) is 6.61 Å². The van der Waals surface area contributed by atoms with Gasteiger partial charge in [-0.1, -0.05) is 26.7 Å². The van der Waals surface area contributed by atoms with E-state index in [0.29, 0.717) is 18.6 Å². The molecule has 0 aromatic carbocycles. The zero-order chi connectivity index (χ0) is 14.0. The summed E-state index contributed by atoms with van der Waals surface area (Å²) in [5.41, 5.74) is 0. The molecular weight excluding hydrogens is 228 g/mol. The maximum atomic E-state index is 11.4. The third kappa shape index (κ3) is 10.5. The summed E-state index contributed by atoms with van der Waals surface area (Å²) in [6, 6.07) is 0. The molecule has 0 fully saturated rings. The normalized spacial score (nSPS) is 11.2. The molecule has 0 aliphatic heterocycles. The van der Waals surface area contributed by atoms with Crippen LogP contribution in [0.3, 0.4) is 0 Å². The quantitative estimate of drug-likeness (QED) is 0.531. The van der Waals surface area contributed by atoms with Crippen LogP contribution in [0.1, 0.15) is 66.2 Å². The predicted octanol–water partition coefficient (Wildman–Crippen LogP) is 3.55. The number of unbranched alkanes of at least 4 members (excludes halogenated alkanes) is 3. The highest BCUT2D eigenvalue weighted by Crippen LogP contribution is 2.09. The van der Waals surface area contributed by atoms with Crippen LogP contribution in [0.25, 0.3) is 0 Å². The molecule has 0 radical (unpaired) electrons. The van der Waals surface area contributed by atoms with Gasteiger partial charge in [0.1, 0.15) is 12.4 Å². The number of carbonyl (C=O) groups is 2. The van der Waals surface area contributed by atoms with Gasteiger partial charge in [-0.05, 0) is 26.7 Å². The number of carbonyl (C=O) groups excluding carboxylic acids is 2. The summed E-state index contributed by atoms with van der Waals surface area (Å²) in [5.74, 6) is 0.679. The summed E-state index contributed by atoms with van der Waals surface area (Å²) in [6.07, 6.45) is 5.34. The summed E-state index contributed by atoms with van der Waals surface area (Å²) in [6.45, 7) is 7.98. The molecule has 0 saturated heterocycles. The summed E-state index contributed by atoms with van der Waals surface area (Å²) in [5, 5.41) is 0. The van der Waals surface area contributed by atoms with Crippen molar-refractivity contribution in [2.24, 2.45) is 5.92 Å². The topological polar surface area (TPSA) is 43.4 Å². The second kappa shape index (κ2) is 10.2. The number of hydrogen-bond donors (Lipinski definition) is 0. The maximum Gasteiger partial charge on any atom is 0.158 e. The minimum atomic E-state index is 0.121. The molecule has 0 bridgehead atoms. The third-order valence-corrected chi connectivity index (χ3v) is 2.85. The van der Waals surface area contributed by atoms with Crippen LogP contribution < -0.4 is 0 Å². The van der Waals surface area contributed by atoms with Gasteiger partial charge in [0.25, 0.3) is 0 Å². The van der Waals surface area contributed by atoms with Gasteiger partial charge in [-0.15, -0.1) is 0 Å². The number of ketones is 2. The molecule has 0 heterocycles. The molecule has 3 nitrogen and oxygen atoms in total. The molecule has 0 N–H and O–H groups in total. The largest absolute Gasteiger partial charge is 0.371 e. The number of Topliss-reactive ketones (excluding diaryl/α,β-unsaturated/α-hetero) is 2. The van der Waals surface area contributed by atoms with Gasteiger partial charge < -0.3 is 4.74 Å². The van der Waals surface area contributed by atoms with Gasteiger partial charge in [-0.3, -0.25) is 9.59 Å². The summed E-state index contributed by atoms with van der Waals surface area (Å²) in [4.78, 5) is 22.8. The van der Waals surface area contributed by atoms with E-state index in [4.69, 9.17) is 4.74 Å². The first-order valence-electron chi connectivity index (χ1n) is 7.09. The van der Waals surface area contributed by atoms with Crippen molar-refractivity contribution in [3.63, 3.8) is 0 Å². The molecule has 0 rings (SSSR count). The van der Waals surface area contributed by atoms with E-state index >= 15 is 0 Å². The van der Waals surface area contributed by atoms with Crippen LogP contribution >= 0.6 is 0 Å². The number of rotatable bonds is 11. The second-order valence-corrected chi connectivity index (χ2v) is 5.43. The van der Waals surface area contributed by atoms with Gasteiger partial charge in [0.15, 0.2) is 5.78 Å². The van der Waals surface area contributed by atoms with E-state index in [1.165, 1.54) is 0 Å². The van der Waals surface area contributed by atoms with Crippen LogP contribution in [0.2, 0.25) is 0 Å². The molecular formula is C15H28O3. The Morgan fingerprint density at radius 2 is 1.44 bits per heavy atom. The first-order valence-corrected chi connectivity index (χ1v) is 7.09. The lowest BCUT2D eigenvalue weighted by atomic mass is 10.0. The molecule has 18 heavy (non-hydrogen) atoms. The molecule has 0 amide bonds. The summed E-state index contributed by atoms with van der Waals surface area (Å²) in [7, 11) is 0. The Hall–Kier alpha value is -0.700. The third-order valence-electron chi connectivity index (χ3n) is 2.85. The van der Waals surface area contributed by atoms with E-state index in [0.717, 1.165) is 25.7 Å². The minimum absolute atomic E-state index is 0.121. The Bertz CT molecular complexity index is 244. The summed E-state index contributed by atoms with van der Waals surface area (Å²) < 4.78 is 5.25. The standard InChI is InChI=1S/C15H28O3/c1-12(2)15(17)10-8-6-5-7-9-14(16)11-18-13(3)4/h12-13H,5-11H2,1-4H3. The Labute approximate surface area is 111 Å². The van der Waals surface area contributed by atoms with Crippen molar-refractivity contribution in [1.29, 1.82) is 0 Å². The fraction of sp³-hybridized carbons (Fsp3) is 0.867. The highest BCUT2D eigenvalue weighted by atomic mass is 16.5. The van der Waals surface area contributed by atoms with Crippen molar-refractivity contribution in [3.8, 4) is 0 Å². The molecule has 0 aliphatic rings. The maximum absolute atomic E-state index is 11.4. The predicted molar refractivity (Wildman–Crippen MR) is 73.6 cm³/mol. The van der Waals surface area contributed by atoms with Crippen LogP contribution in [0, 0.1) is 5.92 Å². The van der Waals surface area contributed by atoms with Gasteiger partial charge in [-0.25, -0.2) is 0 Å². The fourth-order valence-electron chi connectivity index (χ4n) is 1.60. The Morgan fingerprint density at radius 1 is 0.889 bits per heavy atom. The van der Waals surface area contributed by atoms with E-state index < -0.39 is 0 Å². The first kappa shape index (κ1) is 17.3. The molecule has 0 aromatic heterocycles. The van der Waals surface area contributed by atoms with Crippen LogP contribution in [0.5, 0.6) is 0 Å². The molecule has 0 saturated carbocycles. The molecule has 0 atom stereocenters. The first-order chi connectivity index (χ1) is 8.43. The Morgan fingerprint density at radius 3 is 1.94 bits per heavy atom. The lowest BCUT2D eigenvalue weighted by Gasteiger charge is -2.06. The molecule has 3 heteroatoms. The van der Waals surface area contributed by atoms with Crippen LogP contribution in [0.4, 0.5) is 0 Å². The lowest BCUT2D eigenvalue weighted by molar-refractivity contribution is -0.125. The molecule has 0 unspecified atom stereocenters. The number of ether oxygens (including phenoxy) is 1. The monoisotopic (exact) mass is 256 g/mol. The zero-order valence-electron chi connectivity index (χ0n) is 12.3. The Balaban J connectivity index is 3.35. The molecule has 0 spiro atoms. The van der Waals surface area contributed by atoms with Gasteiger partial charge in [0.2, 0.25) is 0 Å². The smallest absolute Gasteiger partial charge is 0.158 e. The molecule has 106 valence electrons.